The van der Waals surface area contributed by atoms with E-state index in [9.17, 15) is 9.59 Å². The van der Waals surface area contributed by atoms with Crippen molar-refractivity contribution in [3.05, 3.63) is 48.0 Å². The summed E-state index contributed by atoms with van der Waals surface area (Å²) in [5, 5.41) is 12.9. The van der Waals surface area contributed by atoms with Crippen LogP contribution >= 0.6 is 0 Å². The molecular weight excluding hydrogens is 356 g/mol. The maximum absolute atomic E-state index is 13.2. The topological polar surface area (TPSA) is 103 Å². The maximum Gasteiger partial charge on any atom is 0.240 e. The Morgan fingerprint density at radius 2 is 2.07 bits per heavy atom. The molecule has 8 nitrogen and oxygen atoms in total. The van der Waals surface area contributed by atoms with Gasteiger partial charge in [-0.05, 0) is 56.0 Å². The minimum absolute atomic E-state index is 0.0137. The molecule has 8 heteroatoms. The predicted molar refractivity (Wildman–Crippen MR) is 103 cm³/mol. The molecule has 2 aromatic rings. The Kier molecular flexibility index (Phi) is 5.38. The van der Waals surface area contributed by atoms with Gasteiger partial charge in [0.25, 0.3) is 0 Å². The second-order valence-corrected chi connectivity index (χ2v) is 7.70. The second-order valence-electron chi connectivity index (χ2n) is 7.70. The number of aromatic nitrogens is 3. The van der Waals surface area contributed by atoms with Crippen LogP contribution in [0.3, 0.4) is 0 Å². The van der Waals surface area contributed by atoms with Gasteiger partial charge in [-0.25, -0.2) is 0 Å². The largest absolute Gasteiger partial charge is 0.352 e. The van der Waals surface area contributed by atoms with Crippen LogP contribution in [-0.2, 0) is 22.6 Å². The van der Waals surface area contributed by atoms with Crippen LogP contribution in [0.5, 0.6) is 0 Å². The third-order valence-electron chi connectivity index (χ3n) is 5.80. The van der Waals surface area contributed by atoms with Crippen molar-refractivity contribution in [3.63, 3.8) is 0 Å². The van der Waals surface area contributed by atoms with Gasteiger partial charge in [0.1, 0.15) is 5.54 Å². The Morgan fingerprint density at radius 1 is 1.21 bits per heavy atom. The van der Waals surface area contributed by atoms with Crippen molar-refractivity contribution in [1.82, 2.24) is 30.7 Å². The highest BCUT2D eigenvalue weighted by molar-refractivity contribution is 5.87. The van der Waals surface area contributed by atoms with Gasteiger partial charge in [0.2, 0.25) is 11.8 Å². The van der Waals surface area contributed by atoms with Crippen LogP contribution in [0.2, 0.25) is 0 Å². The minimum Gasteiger partial charge on any atom is -0.352 e. The summed E-state index contributed by atoms with van der Waals surface area (Å²) in [7, 11) is 0. The van der Waals surface area contributed by atoms with Crippen LogP contribution in [0.15, 0.2) is 36.8 Å². The zero-order chi connectivity index (χ0) is 19.4. The van der Waals surface area contributed by atoms with Crippen molar-refractivity contribution in [1.29, 1.82) is 0 Å². The third kappa shape index (κ3) is 3.91. The first-order valence-electron chi connectivity index (χ1n) is 9.86. The average molecular weight is 382 g/mol. The fraction of sp³-hybridized carbons (Fsp3) is 0.500. The number of rotatable bonds is 6. The lowest BCUT2D eigenvalue weighted by Crippen LogP contribution is -2.57. The first-order valence-corrected chi connectivity index (χ1v) is 9.86. The molecule has 0 unspecified atom stereocenters. The summed E-state index contributed by atoms with van der Waals surface area (Å²) in [6.45, 7) is 2.11. The van der Waals surface area contributed by atoms with Crippen LogP contribution < -0.4 is 10.6 Å². The van der Waals surface area contributed by atoms with E-state index in [0.29, 0.717) is 13.0 Å². The van der Waals surface area contributed by atoms with Crippen LogP contribution in [0.1, 0.15) is 36.9 Å². The zero-order valence-corrected chi connectivity index (χ0v) is 15.9. The normalized spacial score (nSPS) is 24.5. The molecule has 148 valence electrons. The number of nitrogens with zero attached hydrogens (tertiary/aromatic N) is 3. The van der Waals surface area contributed by atoms with Crippen LogP contribution in [0.25, 0.3) is 0 Å². The summed E-state index contributed by atoms with van der Waals surface area (Å²) in [5.74, 6) is 0.0239. The second kappa shape index (κ2) is 8.10. The highest BCUT2D eigenvalue weighted by Crippen LogP contribution is 2.38. The van der Waals surface area contributed by atoms with Crippen molar-refractivity contribution in [3.8, 4) is 0 Å². The Morgan fingerprint density at radius 3 is 2.86 bits per heavy atom. The molecule has 3 N–H and O–H groups in total. The number of H-pyrrole nitrogens is 1. The van der Waals surface area contributed by atoms with Crippen molar-refractivity contribution in [2.45, 2.75) is 50.2 Å². The fourth-order valence-electron chi connectivity index (χ4n) is 4.46. The third-order valence-corrected chi connectivity index (χ3v) is 5.80. The summed E-state index contributed by atoms with van der Waals surface area (Å²) in [6, 6.07) is 5.60. The average Bonchev–Trinajstić information content (AvgIpc) is 3.34. The number of carbonyl (C=O) groups is 2. The highest BCUT2D eigenvalue weighted by atomic mass is 16.2. The molecule has 2 fully saturated rings. The lowest BCUT2D eigenvalue weighted by molar-refractivity contribution is -0.134. The van der Waals surface area contributed by atoms with Crippen LogP contribution in [0, 0.1) is 0 Å². The molecule has 2 saturated heterocycles. The lowest BCUT2D eigenvalue weighted by atomic mass is 9.84. The van der Waals surface area contributed by atoms with Crippen LogP contribution in [0.4, 0.5) is 0 Å². The highest BCUT2D eigenvalue weighted by Gasteiger charge is 2.52. The Hall–Kier alpha value is -2.74. The first kappa shape index (κ1) is 18.6. The molecule has 2 atom stereocenters. The van der Waals surface area contributed by atoms with Gasteiger partial charge in [-0.1, -0.05) is 0 Å². The number of piperidine rings is 1. The number of fused-ring (bicyclic) bond motifs is 1. The van der Waals surface area contributed by atoms with Crippen molar-refractivity contribution in [2.24, 2.45) is 0 Å². The van der Waals surface area contributed by atoms with E-state index in [4.69, 9.17) is 0 Å². The lowest BCUT2D eigenvalue weighted by Gasteiger charge is -2.40. The molecule has 0 spiro atoms. The van der Waals surface area contributed by atoms with Gasteiger partial charge in [-0.15, -0.1) is 0 Å². The van der Waals surface area contributed by atoms with Crippen LogP contribution in [-0.4, -0.2) is 56.6 Å². The first-order chi connectivity index (χ1) is 13.7. The van der Waals surface area contributed by atoms with E-state index in [0.717, 1.165) is 43.6 Å². The molecule has 2 aliphatic rings. The molecule has 4 heterocycles. The van der Waals surface area contributed by atoms with Crippen molar-refractivity contribution >= 4 is 11.8 Å². The van der Waals surface area contributed by atoms with Crippen molar-refractivity contribution in [2.75, 3.05) is 13.1 Å². The van der Waals surface area contributed by atoms with Gasteiger partial charge < -0.3 is 10.6 Å². The van der Waals surface area contributed by atoms with E-state index in [1.165, 1.54) is 0 Å². The van der Waals surface area contributed by atoms with E-state index in [-0.39, 0.29) is 24.3 Å². The summed E-state index contributed by atoms with van der Waals surface area (Å²) >= 11 is 0. The zero-order valence-electron chi connectivity index (χ0n) is 15.9. The minimum atomic E-state index is -0.517. The summed E-state index contributed by atoms with van der Waals surface area (Å²) in [4.78, 5) is 31.8. The molecule has 0 radical (unpaired) electrons. The van der Waals surface area contributed by atoms with E-state index in [2.05, 4.69) is 30.7 Å². The van der Waals surface area contributed by atoms with Gasteiger partial charge in [-0.2, -0.15) is 5.10 Å². The van der Waals surface area contributed by atoms with Gasteiger partial charge in [0.15, 0.2) is 0 Å². The smallest absolute Gasteiger partial charge is 0.240 e. The number of nitrogens with one attached hydrogen (secondary N) is 3. The molecule has 4 rings (SSSR count). The van der Waals surface area contributed by atoms with E-state index < -0.39 is 5.54 Å². The molecule has 28 heavy (non-hydrogen) atoms. The monoisotopic (exact) mass is 382 g/mol. The number of hydrogen-bond acceptors (Lipinski definition) is 5. The van der Waals surface area contributed by atoms with Gasteiger partial charge in [0.05, 0.1) is 6.42 Å². The number of carbonyl (C=O) groups excluding carboxylic acids is 2. The van der Waals surface area contributed by atoms with Crippen molar-refractivity contribution < 1.29 is 9.59 Å². The molecule has 0 aliphatic carbocycles. The molecule has 0 saturated carbocycles. The summed E-state index contributed by atoms with van der Waals surface area (Å²) in [5.41, 5.74) is 1.31. The molecule has 2 aliphatic heterocycles. The van der Waals surface area contributed by atoms with Gasteiger partial charge in [0, 0.05) is 43.4 Å². The van der Waals surface area contributed by atoms with E-state index in [1.54, 1.807) is 24.7 Å². The van der Waals surface area contributed by atoms with Gasteiger partial charge >= 0.3 is 0 Å². The Labute approximate surface area is 164 Å². The van der Waals surface area contributed by atoms with Gasteiger partial charge in [-0.3, -0.25) is 24.6 Å². The maximum atomic E-state index is 13.2. The Balaban J connectivity index is 1.39. The number of aromatic amines is 1. The molecule has 0 bridgehead atoms. The molecule has 2 amide bonds. The number of amides is 2. The molecule has 2 aromatic heterocycles. The quantitative estimate of drug-likeness (QED) is 0.685. The standard InChI is InChI=1S/C20H26N6O2/c27-18(11-16-5-9-23-25-16)24-17-12-20(6-1-2-10-26(20)14-17)19(28)22-13-15-3-7-21-8-4-15/h3-5,7-9,17H,1-2,6,10-14H2,(H,22,28)(H,23,25)(H,24,27)/t17-,20-/m0/s1. The Bertz CT molecular complexity index is 809. The summed E-state index contributed by atoms with van der Waals surface area (Å²) in [6.07, 6.45) is 8.99. The van der Waals surface area contributed by atoms with E-state index in [1.807, 2.05) is 12.1 Å². The van der Waals surface area contributed by atoms with E-state index >= 15 is 0 Å². The predicted octanol–water partition coefficient (Wildman–Crippen LogP) is 0.777. The SMILES string of the molecule is O=C(Cc1ccn[nH]1)N[C@@H]1CN2CCCC[C@@]2(C(=O)NCc2ccncc2)C1. The summed E-state index contributed by atoms with van der Waals surface area (Å²) < 4.78 is 0. The molecular formula is C20H26N6O2. The fourth-order valence-corrected chi connectivity index (χ4v) is 4.46. The molecule has 0 aromatic carbocycles. The number of pyridine rings is 1. The number of hydrogen-bond donors (Lipinski definition) is 3.